The number of hydrogen-bond donors (Lipinski definition) is 2. The first kappa shape index (κ1) is 20.2. The van der Waals surface area contributed by atoms with Gasteiger partial charge in [-0.05, 0) is 45.0 Å². The van der Waals surface area contributed by atoms with Crippen LogP contribution in [0.3, 0.4) is 0 Å². The van der Waals surface area contributed by atoms with E-state index in [0.717, 1.165) is 79.1 Å². The number of carbonyl (C=O) groups excluding carboxylic acids is 1. The maximum Gasteiger partial charge on any atom is 0.256 e. The van der Waals surface area contributed by atoms with E-state index in [1.807, 2.05) is 34.9 Å². The Morgan fingerprint density at radius 2 is 1.91 bits per heavy atom. The smallest absolute Gasteiger partial charge is 0.256 e. The summed E-state index contributed by atoms with van der Waals surface area (Å²) in [4.78, 5) is 32.4. The molecule has 0 unspecified atom stereocenters. The molecule has 2 N–H and O–H groups in total. The van der Waals surface area contributed by atoms with E-state index in [-0.39, 0.29) is 5.91 Å². The fourth-order valence-corrected chi connectivity index (χ4v) is 4.69. The molecular weight excluding hydrogens is 416 g/mol. The summed E-state index contributed by atoms with van der Waals surface area (Å²) < 4.78 is 2.02. The van der Waals surface area contributed by atoms with Crippen LogP contribution in [0, 0.1) is 0 Å². The monoisotopic (exact) mass is 444 g/mol. The molecule has 9 heteroatoms. The van der Waals surface area contributed by atoms with Gasteiger partial charge in [0.15, 0.2) is 11.3 Å². The van der Waals surface area contributed by atoms with Crippen molar-refractivity contribution in [3.8, 4) is 0 Å². The number of hydrogen-bond acceptors (Lipinski definition) is 7. The van der Waals surface area contributed by atoms with Gasteiger partial charge in [-0.1, -0.05) is 12.1 Å². The number of amides is 1. The summed E-state index contributed by atoms with van der Waals surface area (Å²) in [6.45, 7) is 3.87. The number of pyridine rings is 1. The Labute approximate surface area is 191 Å². The molecule has 1 saturated heterocycles. The Bertz CT molecular complexity index is 1380. The van der Waals surface area contributed by atoms with Crippen molar-refractivity contribution in [1.29, 1.82) is 0 Å². The number of nitrogens with one attached hydrogen (secondary N) is 2. The topological polar surface area (TPSA) is 90.7 Å². The lowest BCUT2D eigenvalue weighted by Gasteiger charge is -2.22. The predicted molar refractivity (Wildman–Crippen MR) is 130 cm³/mol. The van der Waals surface area contributed by atoms with Gasteiger partial charge in [0.1, 0.15) is 5.56 Å². The highest BCUT2D eigenvalue weighted by Crippen LogP contribution is 2.36. The number of imidazole rings is 1. The van der Waals surface area contributed by atoms with Crippen LogP contribution < -0.4 is 15.5 Å². The molecule has 3 aromatic heterocycles. The number of benzene rings is 1. The maximum atomic E-state index is 13.1. The molecule has 4 aromatic rings. The molecule has 2 fully saturated rings. The van der Waals surface area contributed by atoms with E-state index >= 15 is 0 Å². The van der Waals surface area contributed by atoms with Crippen LogP contribution in [0.2, 0.25) is 0 Å². The molecule has 1 aliphatic heterocycles. The molecule has 0 spiro atoms. The Kier molecular flexibility index (Phi) is 4.79. The zero-order chi connectivity index (χ0) is 22.5. The third-order valence-corrected chi connectivity index (χ3v) is 6.65. The standard InChI is InChI=1S/C24H28N8O/c1-25-23(33)19-20(27-15-8-9-15)16-14-26-24(31-11-5-10-30(2)12-13-31)29-21(16)32-18-7-4-3-6-17(18)28-22(19)32/h3-4,6-7,14-15,27H,5,8-13H2,1-2H3,(H,25,33). The van der Waals surface area contributed by atoms with Gasteiger partial charge >= 0.3 is 0 Å². The number of para-hydroxylation sites is 2. The summed E-state index contributed by atoms with van der Waals surface area (Å²) in [7, 11) is 3.81. The van der Waals surface area contributed by atoms with E-state index in [2.05, 4.69) is 27.5 Å². The molecule has 4 heterocycles. The lowest BCUT2D eigenvalue weighted by Crippen LogP contribution is -2.30. The van der Waals surface area contributed by atoms with Crippen LogP contribution in [0.4, 0.5) is 11.6 Å². The Morgan fingerprint density at radius 3 is 2.73 bits per heavy atom. The third kappa shape index (κ3) is 3.43. The normalized spacial score (nSPS) is 17.6. The molecule has 1 aromatic carbocycles. The van der Waals surface area contributed by atoms with Crippen molar-refractivity contribution >= 4 is 45.3 Å². The molecular formula is C24H28N8O. The van der Waals surface area contributed by atoms with E-state index in [4.69, 9.17) is 15.0 Å². The molecule has 6 rings (SSSR count). The Morgan fingerprint density at radius 1 is 1.06 bits per heavy atom. The quantitative estimate of drug-likeness (QED) is 0.500. The van der Waals surface area contributed by atoms with Gasteiger partial charge in [-0.3, -0.25) is 9.20 Å². The van der Waals surface area contributed by atoms with E-state index in [1.165, 1.54) is 0 Å². The van der Waals surface area contributed by atoms with Gasteiger partial charge in [0.25, 0.3) is 5.91 Å². The minimum Gasteiger partial charge on any atom is -0.381 e. The third-order valence-electron chi connectivity index (χ3n) is 6.65. The van der Waals surface area contributed by atoms with Gasteiger partial charge in [-0.25, -0.2) is 9.97 Å². The van der Waals surface area contributed by atoms with Gasteiger partial charge in [-0.15, -0.1) is 0 Å². The largest absolute Gasteiger partial charge is 0.381 e. The highest BCUT2D eigenvalue weighted by atomic mass is 16.1. The van der Waals surface area contributed by atoms with Crippen LogP contribution in [0.25, 0.3) is 27.7 Å². The van der Waals surface area contributed by atoms with Crippen LogP contribution in [-0.4, -0.2) is 76.5 Å². The molecule has 0 bridgehead atoms. The second-order valence-corrected chi connectivity index (χ2v) is 9.06. The van der Waals surface area contributed by atoms with Gasteiger partial charge in [0.05, 0.1) is 22.1 Å². The van der Waals surface area contributed by atoms with Crippen LogP contribution >= 0.6 is 0 Å². The van der Waals surface area contributed by atoms with Crippen molar-refractivity contribution in [2.75, 3.05) is 50.5 Å². The first-order valence-corrected chi connectivity index (χ1v) is 11.7. The van der Waals surface area contributed by atoms with Gasteiger partial charge < -0.3 is 20.4 Å². The Hall–Kier alpha value is -3.46. The van der Waals surface area contributed by atoms with Crippen molar-refractivity contribution in [1.82, 2.24) is 29.6 Å². The van der Waals surface area contributed by atoms with Crippen molar-refractivity contribution in [3.63, 3.8) is 0 Å². The summed E-state index contributed by atoms with van der Waals surface area (Å²) in [5.74, 6) is 0.557. The van der Waals surface area contributed by atoms with Crippen molar-refractivity contribution < 1.29 is 4.79 Å². The summed E-state index contributed by atoms with van der Waals surface area (Å²) in [6, 6.07) is 8.32. The summed E-state index contributed by atoms with van der Waals surface area (Å²) >= 11 is 0. The van der Waals surface area contributed by atoms with Crippen LogP contribution in [-0.2, 0) is 0 Å². The first-order valence-electron chi connectivity index (χ1n) is 11.7. The number of rotatable bonds is 4. The predicted octanol–water partition coefficient (Wildman–Crippen LogP) is 2.51. The number of fused-ring (bicyclic) bond motifs is 5. The van der Waals surface area contributed by atoms with E-state index < -0.39 is 0 Å². The zero-order valence-electron chi connectivity index (χ0n) is 19.0. The van der Waals surface area contributed by atoms with Crippen LogP contribution in [0.15, 0.2) is 30.5 Å². The van der Waals surface area contributed by atoms with Crippen LogP contribution in [0.5, 0.6) is 0 Å². The number of nitrogens with zero attached hydrogens (tertiary/aromatic N) is 6. The molecule has 2 aliphatic rings. The highest BCUT2D eigenvalue weighted by molar-refractivity contribution is 6.13. The number of anilines is 2. The molecule has 1 amide bonds. The maximum absolute atomic E-state index is 13.1. The molecule has 0 radical (unpaired) electrons. The van der Waals surface area contributed by atoms with Crippen molar-refractivity contribution in [2.24, 2.45) is 0 Å². The number of carbonyl (C=O) groups is 1. The minimum absolute atomic E-state index is 0.167. The fourth-order valence-electron chi connectivity index (χ4n) is 4.69. The second kappa shape index (κ2) is 7.84. The SMILES string of the molecule is CNC(=O)c1c(NC2CC2)c2cnc(N3CCCN(C)CC3)nc2n2c1nc1ccccc12. The summed E-state index contributed by atoms with van der Waals surface area (Å²) in [5.41, 5.74) is 4.48. The summed E-state index contributed by atoms with van der Waals surface area (Å²) in [5, 5.41) is 7.22. The van der Waals surface area contributed by atoms with Gasteiger partial charge in [0, 0.05) is 38.9 Å². The average Bonchev–Trinajstić information content (AvgIpc) is 3.61. The van der Waals surface area contributed by atoms with Crippen LogP contribution in [0.1, 0.15) is 29.6 Å². The van der Waals surface area contributed by atoms with Crippen molar-refractivity contribution in [2.45, 2.75) is 25.3 Å². The van der Waals surface area contributed by atoms with E-state index in [9.17, 15) is 4.79 Å². The second-order valence-electron chi connectivity index (χ2n) is 9.06. The molecule has 170 valence electrons. The minimum atomic E-state index is -0.167. The molecule has 33 heavy (non-hydrogen) atoms. The molecule has 0 atom stereocenters. The summed E-state index contributed by atoms with van der Waals surface area (Å²) in [6.07, 6.45) is 5.13. The molecule has 1 aliphatic carbocycles. The van der Waals surface area contributed by atoms with E-state index in [1.54, 1.807) is 7.05 Å². The van der Waals surface area contributed by atoms with Crippen molar-refractivity contribution in [3.05, 3.63) is 36.0 Å². The lowest BCUT2D eigenvalue weighted by molar-refractivity contribution is 0.0965. The first-order chi connectivity index (χ1) is 16.1. The number of likely N-dealkylation sites (N-methyl/N-ethyl adjacent to an activating group) is 1. The molecule has 9 nitrogen and oxygen atoms in total. The molecule has 1 saturated carbocycles. The fraction of sp³-hybridized carbons (Fsp3) is 0.417. The van der Waals surface area contributed by atoms with Gasteiger partial charge in [0.2, 0.25) is 5.95 Å². The highest BCUT2D eigenvalue weighted by Gasteiger charge is 2.29. The average molecular weight is 445 g/mol. The lowest BCUT2D eigenvalue weighted by atomic mass is 10.1. The van der Waals surface area contributed by atoms with Gasteiger partial charge in [-0.2, -0.15) is 4.98 Å². The zero-order valence-corrected chi connectivity index (χ0v) is 19.0. The number of aromatic nitrogens is 4. The Balaban J connectivity index is 1.65. The van der Waals surface area contributed by atoms with E-state index in [0.29, 0.717) is 17.3 Å².